The molecule has 1 aromatic carbocycles. The maximum atomic E-state index is 12.8. The van der Waals surface area contributed by atoms with Crippen molar-refractivity contribution < 1.29 is 4.79 Å². The largest absolute Gasteiger partial charge is 0.349 e. The molecule has 3 heterocycles. The fourth-order valence-electron chi connectivity index (χ4n) is 3.56. The number of hydrogen-bond donors (Lipinski definition) is 1. The summed E-state index contributed by atoms with van der Waals surface area (Å²) in [5.41, 5.74) is 4.31. The number of aromatic nitrogens is 2. The minimum Gasteiger partial charge on any atom is -0.349 e. The molecule has 26 heavy (non-hydrogen) atoms. The first-order valence-corrected chi connectivity index (χ1v) is 9.27. The fraction of sp³-hybridized carbons (Fsp3) is 0.333. The van der Waals surface area contributed by atoms with E-state index in [1.165, 1.54) is 18.4 Å². The Kier molecular flexibility index (Phi) is 4.71. The van der Waals surface area contributed by atoms with E-state index in [9.17, 15) is 4.79 Å². The summed E-state index contributed by atoms with van der Waals surface area (Å²) in [6, 6.07) is 14.1. The molecule has 0 bridgehead atoms. The van der Waals surface area contributed by atoms with Crippen LogP contribution in [0.15, 0.2) is 48.7 Å². The van der Waals surface area contributed by atoms with E-state index in [0.29, 0.717) is 12.2 Å². The van der Waals surface area contributed by atoms with Gasteiger partial charge in [-0.25, -0.2) is 4.98 Å². The van der Waals surface area contributed by atoms with Gasteiger partial charge in [-0.15, -0.1) is 0 Å². The van der Waals surface area contributed by atoms with E-state index < -0.39 is 0 Å². The molecule has 5 heteroatoms. The van der Waals surface area contributed by atoms with Crippen LogP contribution in [0.2, 0.25) is 0 Å². The summed E-state index contributed by atoms with van der Waals surface area (Å²) in [4.78, 5) is 19.8. The Hall–Kier alpha value is -2.66. The molecule has 0 spiro atoms. The summed E-state index contributed by atoms with van der Waals surface area (Å²) >= 11 is 0. The fourth-order valence-corrected chi connectivity index (χ4v) is 3.56. The minimum absolute atomic E-state index is 0.108. The summed E-state index contributed by atoms with van der Waals surface area (Å²) in [6.45, 7) is 5.89. The summed E-state index contributed by atoms with van der Waals surface area (Å²) in [7, 11) is 0. The molecule has 0 unspecified atom stereocenters. The van der Waals surface area contributed by atoms with Crippen molar-refractivity contribution in [2.45, 2.75) is 19.8 Å². The molecule has 1 fully saturated rings. The molecule has 0 saturated carbocycles. The van der Waals surface area contributed by atoms with E-state index in [1.807, 2.05) is 40.9 Å². The number of nitrogens with zero attached hydrogens (tertiary/aromatic N) is 3. The number of likely N-dealkylation sites (tertiary alicyclic amines) is 1. The summed E-state index contributed by atoms with van der Waals surface area (Å²) in [5.74, 6) is -0.108. The number of pyridine rings is 1. The normalized spacial score (nSPS) is 14.8. The first-order valence-electron chi connectivity index (χ1n) is 9.27. The van der Waals surface area contributed by atoms with Gasteiger partial charge in [-0.05, 0) is 45.0 Å². The molecule has 134 valence electrons. The van der Waals surface area contributed by atoms with E-state index in [1.54, 1.807) is 0 Å². The summed E-state index contributed by atoms with van der Waals surface area (Å²) < 4.78 is 1.99. The molecule has 4 rings (SSSR count). The Balaban J connectivity index is 1.62. The monoisotopic (exact) mass is 348 g/mol. The quantitative estimate of drug-likeness (QED) is 0.771. The molecule has 0 atom stereocenters. The van der Waals surface area contributed by atoms with Gasteiger partial charge in [0.05, 0.1) is 5.69 Å². The number of benzene rings is 1. The average Bonchev–Trinajstić information content (AvgIpc) is 3.30. The second-order valence-corrected chi connectivity index (χ2v) is 6.91. The molecular formula is C21H24N4O. The standard InChI is InChI=1S/C21H24N4O/c1-16-7-9-17(10-8-16)20-19(23-18-6-2-3-14-25(18)20)21(26)22-11-15-24-12-4-5-13-24/h2-3,6-10,14H,4-5,11-13,15H2,1H3,(H,22,26). The highest BCUT2D eigenvalue weighted by Gasteiger charge is 2.20. The van der Waals surface area contributed by atoms with Crippen LogP contribution in [0.4, 0.5) is 0 Å². The predicted octanol–water partition coefficient (Wildman–Crippen LogP) is 3.14. The van der Waals surface area contributed by atoms with Gasteiger partial charge in [0.1, 0.15) is 5.65 Å². The van der Waals surface area contributed by atoms with Crippen molar-refractivity contribution in [3.63, 3.8) is 0 Å². The van der Waals surface area contributed by atoms with Crippen LogP contribution in [0.3, 0.4) is 0 Å². The highest BCUT2D eigenvalue weighted by molar-refractivity contribution is 5.99. The molecule has 1 saturated heterocycles. The maximum Gasteiger partial charge on any atom is 0.272 e. The van der Waals surface area contributed by atoms with Gasteiger partial charge in [0.2, 0.25) is 0 Å². The molecule has 0 aliphatic carbocycles. The smallest absolute Gasteiger partial charge is 0.272 e. The Morgan fingerprint density at radius 3 is 2.65 bits per heavy atom. The summed E-state index contributed by atoms with van der Waals surface area (Å²) in [6.07, 6.45) is 4.48. The molecule has 5 nitrogen and oxygen atoms in total. The van der Waals surface area contributed by atoms with Crippen LogP contribution in [-0.4, -0.2) is 46.4 Å². The lowest BCUT2D eigenvalue weighted by Gasteiger charge is -2.14. The number of fused-ring (bicyclic) bond motifs is 1. The zero-order chi connectivity index (χ0) is 17.9. The third kappa shape index (κ3) is 3.35. The number of amides is 1. The van der Waals surface area contributed by atoms with Crippen molar-refractivity contribution in [2.24, 2.45) is 0 Å². The van der Waals surface area contributed by atoms with Gasteiger partial charge in [-0.3, -0.25) is 9.20 Å². The molecule has 1 aliphatic rings. The van der Waals surface area contributed by atoms with Gasteiger partial charge in [0.25, 0.3) is 5.91 Å². The third-order valence-electron chi connectivity index (χ3n) is 4.98. The van der Waals surface area contributed by atoms with Gasteiger partial charge in [0.15, 0.2) is 5.69 Å². The van der Waals surface area contributed by atoms with Crippen LogP contribution in [0, 0.1) is 6.92 Å². The van der Waals surface area contributed by atoms with E-state index >= 15 is 0 Å². The lowest BCUT2D eigenvalue weighted by atomic mass is 10.1. The number of imidazole rings is 1. The molecule has 0 radical (unpaired) electrons. The Morgan fingerprint density at radius 2 is 1.88 bits per heavy atom. The first kappa shape index (κ1) is 16.8. The molecular weight excluding hydrogens is 324 g/mol. The summed E-state index contributed by atoms with van der Waals surface area (Å²) in [5, 5.41) is 3.05. The average molecular weight is 348 g/mol. The van der Waals surface area contributed by atoms with Gasteiger partial charge in [-0.1, -0.05) is 35.9 Å². The number of carbonyl (C=O) groups excluding carboxylic acids is 1. The number of rotatable bonds is 5. The van der Waals surface area contributed by atoms with E-state index in [4.69, 9.17) is 0 Å². The Bertz CT molecular complexity index is 907. The van der Waals surface area contributed by atoms with Crippen LogP contribution in [-0.2, 0) is 0 Å². The molecule has 1 aliphatic heterocycles. The molecule has 2 aromatic heterocycles. The highest BCUT2D eigenvalue weighted by Crippen LogP contribution is 2.25. The van der Waals surface area contributed by atoms with Crippen molar-refractivity contribution in [1.29, 1.82) is 0 Å². The second kappa shape index (κ2) is 7.30. The van der Waals surface area contributed by atoms with Crippen LogP contribution < -0.4 is 5.32 Å². The van der Waals surface area contributed by atoms with Crippen molar-refractivity contribution in [3.05, 3.63) is 59.9 Å². The molecule has 1 N–H and O–H groups in total. The van der Waals surface area contributed by atoms with Gasteiger partial charge in [-0.2, -0.15) is 0 Å². The van der Waals surface area contributed by atoms with Crippen molar-refractivity contribution in [2.75, 3.05) is 26.2 Å². The van der Waals surface area contributed by atoms with Crippen molar-refractivity contribution in [3.8, 4) is 11.3 Å². The van der Waals surface area contributed by atoms with E-state index in [-0.39, 0.29) is 5.91 Å². The number of nitrogens with one attached hydrogen (secondary N) is 1. The van der Waals surface area contributed by atoms with Gasteiger partial charge in [0, 0.05) is 24.8 Å². The second-order valence-electron chi connectivity index (χ2n) is 6.91. The lowest BCUT2D eigenvalue weighted by Crippen LogP contribution is -2.33. The van der Waals surface area contributed by atoms with Crippen LogP contribution in [0.25, 0.3) is 16.9 Å². The SMILES string of the molecule is Cc1ccc(-c2c(C(=O)NCCN3CCCC3)nc3ccccn23)cc1. The number of hydrogen-bond acceptors (Lipinski definition) is 3. The molecule has 3 aromatic rings. The maximum absolute atomic E-state index is 12.8. The van der Waals surface area contributed by atoms with Crippen LogP contribution >= 0.6 is 0 Å². The predicted molar refractivity (Wildman–Crippen MR) is 103 cm³/mol. The third-order valence-corrected chi connectivity index (χ3v) is 4.98. The Morgan fingerprint density at radius 1 is 1.12 bits per heavy atom. The van der Waals surface area contributed by atoms with Crippen molar-refractivity contribution >= 4 is 11.6 Å². The highest BCUT2D eigenvalue weighted by atomic mass is 16.1. The van der Waals surface area contributed by atoms with Gasteiger partial charge < -0.3 is 10.2 Å². The Labute approximate surface area is 153 Å². The van der Waals surface area contributed by atoms with E-state index in [0.717, 1.165) is 36.5 Å². The number of aryl methyl sites for hydroxylation is 1. The van der Waals surface area contributed by atoms with Crippen molar-refractivity contribution in [1.82, 2.24) is 19.6 Å². The zero-order valence-corrected chi connectivity index (χ0v) is 15.1. The van der Waals surface area contributed by atoms with Crippen LogP contribution in [0.5, 0.6) is 0 Å². The molecule has 1 amide bonds. The minimum atomic E-state index is -0.108. The zero-order valence-electron chi connectivity index (χ0n) is 15.1. The van der Waals surface area contributed by atoms with Crippen LogP contribution in [0.1, 0.15) is 28.9 Å². The van der Waals surface area contributed by atoms with Gasteiger partial charge >= 0.3 is 0 Å². The number of carbonyl (C=O) groups is 1. The topological polar surface area (TPSA) is 49.6 Å². The first-order chi connectivity index (χ1) is 12.7. The van der Waals surface area contributed by atoms with E-state index in [2.05, 4.69) is 34.3 Å². The lowest BCUT2D eigenvalue weighted by molar-refractivity contribution is 0.0946.